The van der Waals surface area contributed by atoms with Crippen molar-refractivity contribution in [3.05, 3.63) is 34.3 Å². The van der Waals surface area contributed by atoms with Gasteiger partial charge < -0.3 is 11.1 Å². The number of nitrogens with one attached hydrogen (secondary N) is 1. The first kappa shape index (κ1) is 16.5. The Morgan fingerprint density at radius 1 is 1.48 bits per heavy atom. The SMILES string of the molecule is CC1CCC(CN)(C(=O)N[C@H](C)c2cccc(Br)c2)CC1. The van der Waals surface area contributed by atoms with E-state index in [1.807, 2.05) is 31.2 Å². The van der Waals surface area contributed by atoms with Crippen molar-refractivity contribution in [3.63, 3.8) is 0 Å². The van der Waals surface area contributed by atoms with Gasteiger partial charge in [0.15, 0.2) is 0 Å². The van der Waals surface area contributed by atoms with Crippen LogP contribution in [0.5, 0.6) is 0 Å². The van der Waals surface area contributed by atoms with Crippen LogP contribution in [0.3, 0.4) is 0 Å². The molecule has 21 heavy (non-hydrogen) atoms. The molecular formula is C17H25BrN2O. The van der Waals surface area contributed by atoms with Gasteiger partial charge in [-0.1, -0.05) is 35.0 Å². The highest BCUT2D eigenvalue weighted by Crippen LogP contribution is 2.38. The molecule has 3 nitrogen and oxygen atoms in total. The normalized spacial score (nSPS) is 27.1. The van der Waals surface area contributed by atoms with Crippen LogP contribution in [-0.2, 0) is 4.79 Å². The molecule has 0 aliphatic heterocycles. The molecule has 1 aromatic carbocycles. The Hall–Kier alpha value is -0.870. The fourth-order valence-electron chi connectivity index (χ4n) is 3.05. The lowest BCUT2D eigenvalue weighted by Crippen LogP contribution is -2.48. The number of carbonyl (C=O) groups is 1. The summed E-state index contributed by atoms with van der Waals surface area (Å²) in [6, 6.07) is 8.06. The van der Waals surface area contributed by atoms with Gasteiger partial charge in [-0.3, -0.25) is 4.79 Å². The summed E-state index contributed by atoms with van der Waals surface area (Å²) in [4.78, 5) is 12.7. The van der Waals surface area contributed by atoms with Gasteiger partial charge >= 0.3 is 0 Å². The fourth-order valence-corrected chi connectivity index (χ4v) is 3.46. The van der Waals surface area contributed by atoms with Gasteiger partial charge in [0.1, 0.15) is 0 Å². The zero-order valence-electron chi connectivity index (χ0n) is 12.9. The van der Waals surface area contributed by atoms with E-state index in [1.54, 1.807) is 0 Å². The molecule has 116 valence electrons. The van der Waals surface area contributed by atoms with Gasteiger partial charge in [0.05, 0.1) is 11.5 Å². The molecule has 1 aliphatic carbocycles. The maximum absolute atomic E-state index is 12.7. The molecule has 1 aromatic rings. The molecule has 1 fully saturated rings. The highest BCUT2D eigenvalue weighted by Gasteiger charge is 2.40. The molecule has 1 aliphatic rings. The highest BCUT2D eigenvalue weighted by atomic mass is 79.9. The Morgan fingerprint density at radius 2 is 2.14 bits per heavy atom. The Morgan fingerprint density at radius 3 is 2.71 bits per heavy atom. The second-order valence-electron chi connectivity index (χ2n) is 6.42. The zero-order chi connectivity index (χ0) is 15.5. The molecule has 3 N–H and O–H groups in total. The van der Waals surface area contributed by atoms with E-state index in [0.29, 0.717) is 12.5 Å². The summed E-state index contributed by atoms with van der Waals surface area (Å²) in [5.74, 6) is 0.823. The first-order valence-electron chi connectivity index (χ1n) is 7.73. The van der Waals surface area contributed by atoms with E-state index >= 15 is 0 Å². The summed E-state index contributed by atoms with van der Waals surface area (Å²) >= 11 is 3.47. The van der Waals surface area contributed by atoms with Crippen LogP contribution in [0.4, 0.5) is 0 Å². The number of hydrogen-bond donors (Lipinski definition) is 2. The lowest BCUT2D eigenvalue weighted by Gasteiger charge is -2.38. The van der Waals surface area contributed by atoms with Crippen molar-refractivity contribution in [3.8, 4) is 0 Å². The fraction of sp³-hybridized carbons (Fsp3) is 0.588. The smallest absolute Gasteiger partial charge is 0.227 e. The van der Waals surface area contributed by atoms with Gasteiger partial charge in [0, 0.05) is 11.0 Å². The van der Waals surface area contributed by atoms with Crippen LogP contribution in [-0.4, -0.2) is 12.5 Å². The van der Waals surface area contributed by atoms with E-state index in [1.165, 1.54) is 0 Å². The third kappa shape index (κ3) is 3.86. The Labute approximate surface area is 135 Å². The van der Waals surface area contributed by atoms with Crippen molar-refractivity contribution in [1.82, 2.24) is 5.32 Å². The van der Waals surface area contributed by atoms with Crippen LogP contribution in [0.15, 0.2) is 28.7 Å². The third-order valence-corrected chi connectivity index (χ3v) is 5.29. The largest absolute Gasteiger partial charge is 0.349 e. The van der Waals surface area contributed by atoms with Crippen molar-refractivity contribution in [2.75, 3.05) is 6.54 Å². The van der Waals surface area contributed by atoms with Crippen LogP contribution in [0, 0.1) is 11.3 Å². The van der Waals surface area contributed by atoms with Gasteiger partial charge in [-0.05, 0) is 56.2 Å². The van der Waals surface area contributed by atoms with Crippen LogP contribution in [0.1, 0.15) is 51.1 Å². The van der Waals surface area contributed by atoms with E-state index < -0.39 is 0 Å². The van der Waals surface area contributed by atoms with Crippen molar-refractivity contribution in [2.45, 2.75) is 45.6 Å². The molecule has 2 rings (SSSR count). The minimum Gasteiger partial charge on any atom is -0.349 e. The number of halogens is 1. The minimum absolute atomic E-state index is 0.00206. The van der Waals surface area contributed by atoms with Crippen molar-refractivity contribution >= 4 is 21.8 Å². The number of nitrogens with two attached hydrogens (primary N) is 1. The van der Waals surface area contributed by atoms with Crippen LogP contribution in [0.25, 0.3) is 0 Å². The molecule has 1 amide bonds. The number of hydrogen-bond acceptors (Lipinski definition) is 2. The number of carbonyl (C=O) groups excluding carboxylic acids is 1. The van der Waals surface area contributed by atoms with Crippen LogP contribution >= 0.6 is 15.9 Å². The maximum Gasteiger partial charge on any atom is 0.227 e. The van der Waals surface area contributed by atoms with E-state index in [2.05, 4.69) is 28.2 Å². The molecule has 0 aromatic heterocycles. The summed E-state index contributed by atoms with van der Waals surface area (Å²) in [5, 5.41) is 3.16. The molecule has 0 spiro atoms. The number of rotatable bonds is 4. The standard InChI is InChI=1S/C17H25BrN2O/c1-12-6-8-17(11-19,9-7-12)16(21)20-13(2)14-4-3-5-15(18)10-14/h3-5,10,12-13H,6-9,11,19H2,1-2H3,(H,20,21)/t12?,13-,17?/m1/s1. The average molecular weight is 353 g/mol. The molecule has 0 bridgehead atoms. The van der Waals surface area contributed by atoms with E-state index in [4.69, 9.17) is 5.73 Å². The molecule has 4 heteroatoms. The predicted molar refractivity (Wildman–Crippen MR) is 89.8 cm³/mol. The molecule has 0 unspecified atom stereocenters. The lowest BCUT2D eigenvalue weighted by atomic mass is 9.70. The highest BCUT2D eigenvalue weighted by molar-refractivity contribution is 9.10. The van der Waals surface area contributed by atoms with Gasteiger partial charge in [-0.15, -0.1) is 0 Å². The molecule has 0 saturated heterocycles. The van der Waals surface area contributed by atoms with Crippen molar-refractivity contribution in [2.24, 2.45) is 17.1 Å². The first-order chi connectivity index (χ1) is 9.97. The molecule has 1 atom stereocenters. The second-order valence-corrected chi connectivity index (χ2v) is 7.33. The van der Waals surface area contributed by atoms with Gasteiger partial charge in [-0.25, -0.2) is 0 Å². The summed E-state index contributed by atoms with van der Waals surface area (Å²) in [6.45, 7) is 4.72. The van der Waals surface area contributed by atoms with Crippen LogP contribution < -0.4 is 11.1 Å². The topological polar surface area (TPSA) is 55.1 Å². The van der Waals surface area contributed by atoms with Crippen LogP contribution in [0.2, 0.25) is 0 Å². The maximum atomic E-state index is 12.7. The van der Waals surface area contributed by atoms with E-state index in [0.717, 1.165) is 35.7 Å². The summed E-state index contributed by atoms with van der Waals surface area (Å²) in [7, 11) is 0. The Kier molecular flexibility index (Phi) is 5.44. The Balaban J connectivity index is 2.05. The number of benzene rings is 1. The quantitative estimate of drug-likeness (QED) is 0.866. The van der Waals surface area contributed by atoms with Gasteiger partial charge in [0.2, 0.25) is 5.91 Å². The minimum atomic E-state index is -0.368. The monoisotopic (exact) mass is 352 g/mol. The van der Waals surface area contributed by atoms with Crippen molar-refractivity contribution in [1.29, 1.82) is 0 Å². The van der Waals surface area contributed by atoms with Crippen molar-refractivity contribution < 1.29 is 4.79 Å². The third-order valence-electron chi connectivity index (χ3n) is 4.80. The summed E-state index contributed by atoms with van der Waals surface area (Å²) in [6.07, 6.45) is 4.00. The molecule has 0 heterocycles. The molecule has 0 radical (unpaired) electrons. The zero-order valence-corrected chi connectivity index (χ0v) is 14.4. The van der Waals surface area contributed by atoms with E-state index in [9.17, 15) is 4.79 Å². The summed E-state index contributed by atoms with van der Waals surface area (Å²) < 4.78 is 1.03. The van der Waals surface area contributed by atoms with E-state index in [-0.39, 0.29) is 17.4 Å². The average Bonchev–Trinajstić information content (AvgIpc) is 2.48. The second kappa shape index (κ2) is 6.93. The predicted octanol–water partition coefficient (Wildman–Crippen LogP) is 3.78. The molecule has 1 saturated carbocycles. The Bertz CT molecular complexity index is 495. The first-order valence-corrected chi connectivity index (χ1v) is 8.52. The molecular weight excluding hydrogens is 328 g/mol. The van der Waals surface area contributed by atoms with Gasteiger partial charge in [0.25, 0.3) is 0 Å². The lowest BCUT2D eigenvalue weighted by molar-refractivity contribution is -0.133. The summed E-state index contributed by atoms with van der Waals surface area (Å²) in [5.41, 5.74) is 6.69. The van der Waals surface area contributed by atoms with Gasteiger partial charge in [-0.2, -0.15) is 0 Å². The number of amides is 1.